The Bertz CT molecular complexity index is 1550. The van der Waals surface area contributed by atoms with Gasteiger partial charge in [0.2, 0.25) is 15.9 Å². The van der Waals surface area contributed by atoms with Crippen LogP contribution in [-0.2, 0) is 35.4 Å². The molecule has 2 aromatic rings. The summed E-state index contributed by atoms with van der Waals surface area (Å²) in [5.41, 5.74) is 1.91. The number of aliphatic hydroxyl groups is 1. The smallest absolute Gasteiger partial charge is 0.407 e. The first-order chi connectivity index (χ1) is 22.9. The molecule has 14 heteroatoms. The Morgan fingerprint density at radius 3 is 2.67 bits per heavy atom. The van der Waals surface area contributed by atoms with Crippen LogP contribution in [0, 0.1) is 11.8 Å². The van der Waals surface area contributed by atoms with E-state index in [1.807, 2.05) is 63.2 Å². The molecule has 48 heavy (non-hydrogen) atoms. The number of carbonyl (C=O) groups excluding carboxylic acids is 2. The van der Waals surface area contributed by atoms with Crippen molar-refractivity contribution in [3.8, 4) is 0 Å². The topological polar surface area (TPSA) is 159 Å². The zero-order valence-corrected chi connectivity index (χ0v) is 28.8. The number of fused-ring (bicyclic) bond motifs is 2. The number of nitrogens with zero attached hydrogens (tertiary/aromatic N) is 3. The molecular formula is C34H47N5O8S. The van der Waals surface area contributed by atoms with Crippen LogP contribution in [0.4, 0.5) is 10.5 Å². The summed E-state index contributed by atoms with van der Waals surface area (Å²) in [4.78, 5) is 32.3. The highest BCUT2D eigenvalue weighted by molar-refractivity contribution is 7.89. The summed E-state index contributed by atoms with van der Waals surface area (Å²) in [5, 5.41) is 17.2. The number of likely N-dealkylation sites (N-methyl/N-ethyl adjacent to an activating group) is 1. The minimum atomic E-state index is -4.14. The van der Waals surface area contributed by atoms with Gasteiger partial charge in [-0.1, -0.05) is 44.2 Å². The third-order valence-corrected chi connectivity index (χ3v) is 10.6. The van der Waals surface area contributed by atoms with Gasteiger partial charge in [-0.3, -0.25) is 9.79 Å². The molecule has 3 N–H and O–H groups in total. The molecule has 0 spiro atoms. The first-order valence-corrected chi connectivity index (χ1v) is 17.9. The first-order valence-electron chi connectivity index (χ1n) is 16.4. The average molecular weight is 686 g/mol. The maximum absolute atomic E-state index is 14.2. The van der Waals surface area contributed by atoms with Crippen molar-refractivity contribution in [3.63, 3.8) is 0 Å². The number of aliphatic imine (C=N–C) groups is 1. The number of sulfonamides is 1. The minimum absolute atomic E-state index is 0.00107. The number of alkyl carbamates (subject to hydrolysis) is 1. The molecule has 0 radical (unpaired) electrons. The second kappa shape index (κ2) is 15.9. The maximum atomic E-state index is 14.2. The van der Waals surface area contributed by atoms with Gasteiger partial charge in [0.05, 0.1) is 42.7 Å². The zero-order valence-electron chi connectivity index (χ0n) is 27.9. The van der Waals surface area contributed by atoms with Crippen molar-refractivity contribution in [1.82, 2.24) is 14.5 Å². The SMILES string of the molecule is CC(C)CN(CC(O)C(Cc1ccccc1)NC(=O)OC1COC2OCCC12)S(=O)(=O)c1ccc2c(c1)C(C=NCCN(C)C)C(=O)N2. The molecule has 2 amide bonds. The summed E-state index contributed by atoms with van der Waals surface area (Å²) in [5.74, 6) is -1.12. The molecule has 262 valence electrons. The Morgan fingerprint density at radius 2 is 1.94 bits per heavy atom. The van der Waals surface area contributed by atoms with E-state index in [0.717, 1.165) is 12.0 Å². The van der Waals surface area contributed by atoms with E-state index < -0.39 is 40.3 Å². The highest BCUT2D eigenvalue weighted by atomic mass is 32.2. The first kappa shape index (κ1) is 35.9. The van der Waals surface area contributed by atoms with Crippen LogP contribution in [0.1, 0.15) is 37.3 Å². The third-order valence-electron chi connectivity index (χ3n) is 8.74. The van der Waals surface area contributed by atoms with Crippen molar-refractivity contribution in [2.75, 3.05) is 58.8 Å². The maximum Gasteiger partial charge on any atom is 0.407 e. The second-order valence-electron chi connectivity index (χ2n) is 13.3. The molecule has 0 aliphatic carbocycles. The lowest BCUT2D eigenvalue weighted by molar-refractivity contribution is -0.115. The molecular weight excluding hydrogens is 638 g/mol. The predicted octanol–water partition coefficient (Wildman–Crippen LogP) is 2.46. The monoisotopic (exact) mass is 685 g/mol. The Labute approximate surface area is 282 Å². The van der Waals surface area contributed by atoms with E-state index in [-0.39, 0.29) is 55.0 Å². The van der Waals surface area contributed by atoms with E-state index in [2.05, 4.69) is 15.6 Å². The minimum Gasteiger partial charge on any atom is -0.443 e. The number of amides is 2. The van der Waals surface area contributed by atoms with Gasteiger partial charge in [0, 0.05) is 31.5 Å². The fourth-order valence-corrected chi connectivity index (χ4v) is 7.85. The fourth-order valence-electron chi connectivity index (χ4n) is 6.19. The molecule has 3 aliphatic rings. The van der Waals surface area contributed by atoms with Gasteiger partial charge < -0.3 is 34.9 Å². The van der Waals surface area contributed by atoms with Crippen molar-refractivity contribution in [3.05, 3.63) is 59.7 Å². The standard InChI is InChI=1S/C34H47N5O8S/c1-22(2)19-39(48(43,44)24-10-11-28-26(17-24)27(32(41)36-28)18-35-13-14-38(3)4)20-30(40)29(16-23-8-6-5-7-9-23)37-34(42)47-31-21-46-33-25(31)12-15-45-33/h5-11,17-18,22,25,27,29-31,33,40H,12-16,19-21H2,1-4H3,(H,36,41)(H,37,42). The predicted molar refractivity (Wildman–Crippen MR) is 180 cm³/mol. The van der Waals surface area contributed by atoms with Gasteiger partial charge in [0.15, 0.2) is 6.29 Å². The van der Waals surface area contributed by atoms with E-state index in [1.165, 1.54) is 16.4 Å². The largest absolute Gasteiger partial charge is 0.443 e. The van der Waals surface area contributed by atoms with Gasteiger partial charge >= 0.3 is 6.09 Å². The Morgan fingerprint density at radius 1 is 1.17 bits per heavy atom. The Hall–Kier alpha value is -3.40. The Kier molecular flexibility index (Phi) is 11.9. The lowest BCUT2D eigenvalue weighted by Crippen LogP contribution is -2.51. The number of rotatable bonds is 15. The van der Waals surface area contributed by atoms with Gasteiger partial charge in [-0.15, -0.1) is 0 Å². The summed E-state index contributed by atoms with van der Waals surface area (Å²) < 4.78 is 46.5. The highest BCUT2D eigenvalue weighted by Gasteiger charge is 2.44. The average Bonchev–Trinajstić information content (AvgIpc) is 3.74. The summed E-state index contributed by atoms with van der Waals surface area (Å²) in [7, 11) is -0.281. The molecule has 3 heterocycles. The van der Waals surface area contributed by atoms with E-state index >= 15 is 0 Å². The normalized spacial score (nSPS) is 23.5. The second-order valence-corrected chi connectivity index (χ2v) is 15.2. The molecule has 6 atom stereocenters. The summed E-state index contributed by atoms with van der Waals surface area (Å²) >= 11 is 0. The van der Waals surface area contributed by atoms with Crippen LogP contribution in [0.3, 0.4) is 0 Å². The number of anilines is 1. The van der Waals surface area contributed by atoms with Gasteiger partial charge in [0.1, 0.15) is 12.0 Å². The van der Waals surface area contributed by atoms with E-state index in [4.69, 9.17) is 14.2 Å². The van der Waals surface area contributed by atoms with Crippen LogP contribution < -0.4 is 10.6 Å². The quantitative estimate of drug-likeness (QED) is 0.240. The molecule has 2 aromatic carbocycles. The molecule has 0 saturated carbocycles. The van der Waals surface area contributed by atoms with Gasteiger partial charge in [0.25, 0.3) is 0 Å². The number of hydrogen-bond acceptors (Lipinski definition) is 10. The van der Waals surface area contributed by atoms with Crippen LogP contribution in [-0.4, -0.2) is 119 Å². The van der Waals surface area contributed by atoms with Crippen LogP contribution in [0.25, 0.3) is 0 Å². The Balaban J connectivity index is 1.35. The molecule has 2 fully saturated rings. The summed E-state index contributed by atoms with van der Waals surface area (Å²) in [6.45, 7) is 5.58. The number of carbonyl (C=O) groups is 2. The van der Waals surface area contributed by atoms with Crippen LogP contribution in [0.15, 0.2) is 58.4 Å². The number of hydrogen-bond donors (Lipinski definition) is 3. The summed E-state index contributed by atoms with van der Waals surface area (Å²) in [6.07, 6.45) is -0.351. The summed E-state index contributed by atoms with van der Waals surface area (Å²) in [6, 6.07) is 13.0. The number of benzene rings is 2. The molecule has 0 bridgehead atoms. The molecule has 0 aromatic heterocycles. The third kappa shape index (κ3) is 8.79. The van der Waals surface area contributed by atoms with Crippen molar-refractivity contribution in [2.24, 2.45) is 16.8 Å². The molecule has 13 nitrogen and oxygen atoms in total. The van der Waals surface area contributed by atoms with Crippen molar-refractivity contribution >= 4 is 33.9 Å². The number of aliphatic hydroxyl groups excluding tert-OH is 1. The van der Waals surface area contributed by atoms with Crippen LogP contribution in [0.5, 0.6) is 0 Å². The van der Waals surface area contributed by atoms with Gasteiger partial charge in [-0.05, 0) is 62.2 Å². The van der Waals surface area contributed by atoms with Gasteiger partial charge in [-0.25, -0.2) is 13.2 Å². The van der Waals surface area contributed by atoms with E-state index in [0.29, 0.717) is 30.9 Å². The van der Waals surface area contributed by atoms with Crippen molar-refractivity contribution in [1.29, 1.82) is 0 Å². The molecule has 2 saturated heterocycles. The number of ether oxygens (including phenoxy) is 3. The molecule has 6 unspecified atom stereocenters. The lowest BCUT2D eigenvalue weighted by atomic mass is 10.0. The molecule has 3 aliphatic heterocycles. The lowest BCUT2D eigenvalue weighted by Gasteiger charge is -2.31. The van der Waals surface area contributed by atoms with Crippen LogP contribution >= 0.6 is 0 Å². The van der Waals surface area contributed by atoms with E-state index in [9.17, 15) is 23.1 Å². The number of nitrogens with one attached hydrogen (secondary N) is 2. The van der Waals surface area contributed by atoms with Gasteiger partial charge in [-0.2, -0.15) is 4.31 Å². The van der Waals surface area contributed by atoms with E-state index in [1.54, 1.807) is 12.3 Å². The van der Waals surface area contributed by atoms with Crippen LogP contribution in [0.2, 0.25) is 0 Å². The van der Waals surface area contributed by atoms with Crippen molar-refractivity contribution in [2.45, 2.75) is 62.0 Å². The fraction of sp³-hybridized carbons (Fsp3) is 0.559. The zero-order chi connectivity index (χ0) is 34.4. The molecule has 5 rings (SSSR count). The highest BCUT2D eigenvalue weighted by Crippen LogP contribution is 2.35. The van der Waals surface area contributed by atoms with Crippen molar-refractivity contribution < 1.29 is 37.3 Å².